The smallest absolute Gasteiger partial charge is 0.268 e. The Balaban J connectivity index is 1.62. The van der Waals surface area contributed by atoms with Crippen molar-refractivity contribution in [1.29, 1.82) is 0 Å². The normalized spacial score (nSPS) is 11.9. The van der Waals surface area contributed by atoms with E-state index in [0.29, 0.717) is 12.2 Å². The molecule has 1 heterocycles. The van der Waals surface area contributed by atoms with Crippen LogP contribution in [-0.4, -0.2) is 34.6 Å². The highest BCUT2D eigenvalue weighted by molar-refractivity contribution is 6.00. The number of H-pyrrole nitrogens is 1. The van der Waals surface area contributed by atoms with E-state index in [-0.39, 0.29) is 0 Å². The van der Waals surface area contributed by atoms with Crippen LogP contribution in [0.3, 0.4) is 0 Å². The Kier molecular flexibility index (Phi) is 5.11. The van der Waals surface area contributed by atoms with Crippen molar-refractivity contribution in [3.8, 4) is 0 Å². The highest BCUT2D eigenvalue weighted by atomic mass is 16.3. The molecule has 0 aliphatic heterocycles. The summed E-state index contributed by atoms with van der Waals surface area (Å²) in [7, 11) is 0. The molecule has 0 saturated carbocycles. The van der Waals surface area contributed by atoms with Crippen LogP contribution in [-0.2, 0) is 11.3 Å². The maximum absolute atomic E-state index is 12.3. The summed E-state index contributed by atoms with van der Waals surface area (Å²) in [4.78, 5) is 27.5. The lowest BCUT2D eigenvalue weighted by Gasteiger charge is -2.15. The zero-order chi connectivity index (χ0) is 17.6. The van der Waals surface area contributed by atoms with Crippen molar-refractivity contribution in [2.24, 2.45) is 0 Å². The minimum Gasteiger partial charge on any atom is -0.394 e. The molecular weight excluding hydrogens is 318 g/mol. The predicted octanol–water partition coefficient (Wildman–Crippen LogP) is 1.57. The van der Waals surface area contributed by atoms with Crippen LogP contribution >= 0.6 is 0 Å². The second-order valence-electron chi connectivity index (χ2n) is 5.68. The molecule has 1 atom stereocenters. The van der Waals surface area contributed by atoms with Gasteiger partial charge in [0.1, 0.15) is 11.7 Å². The van der Waals surface area contributed by atoms with Gasteiger partial charge in [0.05, 0.1) is 6.61 Å². The molecule has 0 unspecified atom stereocenters. The summed E-state index contributed by atoms with van der Waals surface area (Å²) in [5.74, 6) is -0.874. The number of carbonyl (C=O) groups excluding carboxylic acids is 2. The Labute approximate surface area is 144 Å². The van der Waals surface area contributed by atoms with Gasteiger partial charge in [0, 0.05) is 17.4 Å². The predicted molar refractivity (Wildman–Crippen MR) is 94.9 cm³/mol. The molecule has 3 aromatic rings. The molecule has 3 rings (SSSR count). The second kappa shape index (κ2) is 7.63. The molecule has 128 valence electrons. The molecule has 6 heteroatoms. The summed E-state index contributed by atoms with van der Waals surface area (Å²) < 4.78 is 0. The first-order valence-corrected chi connectivity index (χ1v) is 7.98. The molecule has 4 N–H and O–H groups in total. The van der Waals surface area contributed by atoms with Crippen LogP contribution in [0, 0.1) is 0 Å². The van der Waals surface area contributed by atoms with E-state index in [1.807, 2.05) is 54.6 Å². The molecule has 6 nitrogen and oxygen atoms in total. The lowest BCUT2D eigenvalue weighted by molar-refractivity contribution is -0.124. The van der Waals surface area contributed by atoms with Crippen molar-refractivity contribution >= 4 is 22.7 Å². The van der Waals surface area contributed by atoms with Gasteiger partial charge < -0.3 is 20.7 Å². The van der Waals surface area contributed by atoms with E-state index in [4.69, 9.17) is 0 Å². The zero-order valence-electron chi connectivity index (χ0n) is 13.5. The van der Waals surface area contributed by atoms with Crippen LogP contribution in [0.4, 0.5) is 0 Å². The Bertz CT molecular complexity index is 841. The van der Waals surface area contributed by atoms with E-state index in [2.05, 4.69) is 15.6 Å². The van der Waals surface area contributed by atoms with E-state index in [1.165, 1.54) is 0 Å². The Hall–Kier alpha value is -3.12. The first-order chi connectivity index (χ1) is 12.2. The van der Waals surface area contributed by atoms with Crippen LogP contribution in [0.25, 0.3) is 10.9 Å². The van der Waals surface area contributed by atoms with E-state index in [1.54, 1.807) is 6.07 Å². The molecule has 2 aromatic carbocycles. The number of aromatic nitrogens is 1. The summed E-state index contributed by atoms with van der Waals surface area (Å²) in [5, 5.41) is 15.6. The van der Waals surface area contributed by atoms with E-state index < -0.39 is 24.5 Å². The molecule has 0 aliphatic carbocycles. The third-order valence-electron chi connectivity index (χ3n) is 3.89. The van der Waals surface area contributed by atoms with Crippen molar-refractivity contribution in [2.45, 2.75) is 12.6 Å². The van der Waals surface area contributed by atoms with Crippen molar-refractivity contribution < 1.29 is 14.7 Å². The number of para-hydroxylation sites is 1. The zero-order valence-corrected chi connectivity index (χ0v) is 13.5. The molecule has 2 amide bonds. The van der Waals surface area contributed by atoms with Gasteiger partial charge in [-0.15, -0.1) is 0 Å². The van der Waals surface area contributed by atoms with E-state index in [0.717, 1.165) is 16.5 Å². The summed E-state index contributed by atoms with van der Waals surface area (Å²) >= 11 is 0. The Morgan fingerprint density at radius 3 is 2.48 bits per heavy atom. The van der Waals surface area contributed by atoms with E-state index >= 15 is 0 Å². The lowest BCUT2D eigenvalue weighted by Crippen LogP contribution is -2.48. The maximum Gasteiger partial charge on any atom is 0.268 e. The van der Waals surface area contributed by atoms with Gasteiger partial charge >= 0.3 is 0 Å². The van der Waals surface area contributed by atoms with Crippen molar-refractivity contribution in [3.05, 3.63) is 71.9 Å². The van der Waals surface area contributed by atoms with Gasteiger partial charge in [0.2, 0.25) is 5.91 Å². The van der Waals surface area contributed by atoms with Crippen LogP contribution < -0.4 is 10.6 Å². The van der Waals surface area contributed by atoms with Gasteiger partial charge in [-0.2, -0.15) is 0 Å². The average molecular weight is 337 g/mol. The number of aromatic amines is 1. The average Bonchev–Trinajstić information content (AvgIpc) is 3.09. The number of aliphatic hydroxyl groups excluding tert-OH is 1. The standard InChI is InChI=1S/C19H19N3O3/c23-12-17(18(24)20-11-13-6-2-1-3-7-13)22-19(25)16-10-14-8-4-5-9-15(14)21-16/h1-10,17,21,23H,11-12H2,(H,20,24)(H,22,25)/t17-/m0/s1. The first kappa shape index (κ1) is 16.7. The third kappa shape index (κ3) is 4.05. The Morgan fingerprint density at radius 1 is 1.04 bits per heavy atom. The van der Waals surface area contributed by atoms with Crippen molar-refractivity contribution in [3.63, 3.8) is 0 Å². The van der Waals surface area contributed by atoms with Crippen molar-refractivity contribution in [2.75, 3.05) is 6.61 Å². The van der Waals surface area contributed by atoms with Gasteiger partial charge in [-0.3, -0.25) is 9.59 Å². The highest BCUT2D eigenvalue weighted by Crippen LogP contribution is 2.14. The fraction of sp³-hybridized carbons (Fsp3) is 0.158. The maximum atomic E-state index is 12.3. The number of amides is 2. The van der Waals surface area contributed by atoms with Crippen LogP contribution in [0.2, 0.25) is 0 Å². The molecule has 0 fully saturated rings. The molecule has 0 bridgehead atoms. The van der Waals surface area contributed by atoms with Gasteiger partial charge in [-0.1, -0.05) is 48.5 Å². The van der Waals surface area contributed by atoms with Crippen LogP contribution in [0.15, 0.2) is 60.7 Å². The lowest BCUT2D eigenvalue weighted by atomic mass is 10.2. The molecule has 0 saturated heterocycles. The summed E-state index contributed by atoms with van der Waals surface area (Å²) in [6, 6.07) is 17.6. The first-order valence-electron chi connectivity index (χ1n) is 7.98. The second-order valence-corrected chi connectivity index (χ2v) is 5.68. The highest BCUT2D eigenvalue weighted by Gasteiger charge is 2.21. The van der Waals surface area contributed by atoms with Gasteiger partial charge in [-0.25, -0.2) is 0 Å². The fourth-order valence-corrected chi connectivity index (χ4v) is 2.53. The topological polar surface area (TPSA) is 94.2 Å². The fourth-order valence-electron chi connectivity index (χ4n) is 2.53. The number of nitrogens with one attached hydrogen (secondary N) is 3. The molecular formula is C19H19N3O3. The largest absolute Gasteiger partial charge is 0.394 e. The summed E-state index contributed by atoms with van der Waals surface area (Å²) in [5.41, 5.74) is 2.12. The van der Waals surface area contributed by atoms with Crippen LogP contribution in [0.1, 0.15) is 16.1 Å². The van der Waals surface area contributed by atoms with E-state index in [9.17, 15) is 14.7 Å². The van der Waals surface area contributed by atoms with Crippen molar-refractivity contribution in [1.82, 2.24) is 15.6 Å². The molecule has 25 heavy (non-hydrogen) atoms. The number of aliphatic hydroxyl groups is 1. The summed E-state index contributed by atoms with van der Waals surface area (Å²) in [6.45, 7) is -0.148. The number of rotatable bonds is 6. The molecule has 1 aromatic heterocycles. The van der Waals surface area contributed by atoms with Gasteiger partial charge in [0.25, 0.3) is 5.91 Å². The third-order valence-corrected chi connectivity index (χ3v) is 3.89. The van der Waals surface area contributed by atoms with Gasteiger partial charge in [0.15, 0.2) is 0 Å². The summed E-state index contributed by atoms with van der Waals surface area (Å²) in [6.07, 6.45) is 0. The minimum absolute atomic E-state index is 0.332. The minimum atomic E-state index is -1.01. The number of benzene rings is 2. The molecule has 0 aliphatic rings. The quantitative estimate of drug-likeness (QED) is 0.550. The number of hydrogen-bond donors (Lipinski definition) is 4. The number of hydrogen-bond acceptors (Lipinski definition) is 3. The monoisotopic (exact) mass is 337 g/mol. The molecule has 0 spiro atoms. The number of carbonyl (C=O) groups is 2. The SMILES string of the molecule is O=C(N[C@@H](CO)C(=O)NCc1ccccc1)c1cc2ccccc2[nH]1. The van der Waals surface area contributed by atoms with Crippen LogP contribution in [0.5, 0.6) is 0 Å². The number of fused-ring (bicyclic) bond motifs is 1. The molecule has 0 radical (unpaired) electrons. The Morgan fingerprint density at radius 2 is 1.76 bits per heavy atom. The van der Waals surface area contributed by atoms with Gasteiger partial charge in [-0.05, 0) is 17.7 Å².